The van der Waals surface area contributed by atoms with Gasteiger partial charge in [0.15, 0.2) is 6.10 Å². The predicted octanol–water partition coefficient (Wildman–Crippen LogP) is 25.9. The third-order valence-electron chi connectivity index (χ3n) is 15.8. The standard InChI is InChI=1S/C85H140NO8P/c1-3-5-7-9-11-13-15-17-19-21-23-25-27-29-31-33-35-37-39-40-41-42-44-46-48-50-52-54-56-58-60-62-64-66-68-70-72-74-76-78-85(88)94-83(82-93-95(89,90)92-80-79-86)81-91-84(87)77-75-73-71-69-67-65-63-61-59-57-55-53-51-49-47-45-43-38-36-34-32-30-28-26-24-22-20-18-16-14-12-10-8-6-4-2/h5-8,11-14,17-20,23-26,29-32,35-38,40-41,44-47,83H,3-4,9-10,15-16,21-22,27-28,33-34,39,42-43,48-82,86H2,1-2H3,(H,89,90)/b7-5-,8-6-,13-11-,14-12-,19-17-,20-18-,25-23-,26-24-,31-29-,32-30-,37-35-,38-36-,41-40-,46-44-,47-45-. The summed E-state index contributed by atoms with van der Waals surface area (Å²) in [4.78, 5) is 35.5. The van der Waals surface area contributed by atoms with Crippen molar-refractivity contribution in [3.63, 3.8) is 0 Å². The number of ether oxygens (including phenoxy) is 2. The Balaban J connectivity index is 3.90. The maximum atomic E-state index is 12.8. The van der Waals surface area contributed by atoms with E-state index < -0.39 is 26.5 Å². The van der Waals surface area contributed by atoms with Gasteiger partial charge in [-0.15, -0.1) is 0 Å². The third kappa shape index (κ3) is 78.0. The van der Waals surface area contributed by atoms with E-state index in [1.165, 1.54) is 141 Å². The number of rotatable bonds is 70. The molecule has 95 heavy (non-hydrogen) atoms. The van der Waals surface area contributed by atoms with Gasteiger partial charge in [0, 0.05) is 19.4 Å². The number of phosphoric acid groups is 1. The van der Waals surface area contributed by atoms with E-state index in [1.54, 1.807) is 0 Å². The van der Waals surface area contributed by atoms with Crippen LogP contribution in [0.1, 0.15) is 309 Å². The molecular formula is C85H140NO8P. The van der Waals surface area contributed by atoms with Crippen LogP contribution in [0.15, 0.2) is 182 Å². The van der Waals surface area contributed by atoms with Gasteiger partial charge in [0.1, 0.15) is 6.61 Å². The lowest BCUT2D eigenvalue weighted by Crippen LogP contribution is -2.29. The number of phosphoric ester groups is 1. The first-order chi connectivity index (χ1) is 46.8. The predicted molar refractivity (Wildman–Crippen MR) is 412 cm³/mol. The molecule has 9 nitrogen and oxygen atoms in total. The summed E-state index contributed by atoms with van der Waals surface area (Å²) in [5.41, 5.74) is 5.41. The van der Waals surface area contributed by atoms with Crippen molar-refractivity contribution in [2.45, 2.75) is 315 Å². The van der Waals surface area contributed by atoms with E-state index in [1.807, 2.05) is 0 Å². The van der Waals surface area contributed by atoms with Crippen LogP contribution in [0.2, 0.25) is 0 Å². The molecule has 0 aromatic heterocycles. The highest BCUT2D eigenvalue weighted by Gasteiger charge is 2.26. The van der Waals surface area contributed by atoms with Gasteiger partial charge in [0.2, 0.25) is 0 Å². The van der Waals surface area contributed by atoms with Crippen LogP contribution in [-0.4, -0.2) is 49.3 Å². The maximum absolute atomic E-state index is 12.8. The summed E-state index contributed by atoms with van der Waals surface area (Å²) in [6, 6.07) is 0. The third-order valence-corrected chi connectivity index (χ3v) is 16.8. The molecule has 0 amide bonds. The molecule has 0 radical (unpaired) electrons. The monoisotopic (exact) mass is 1330 g/mol. The number of hydrogen-bond acceptors (Lipinski definition) is 8. The van der Waals surface area contributed by atoms with Crippen molar-refractivity contribution in [3.8, 4) is 0 Å². The Labute approximate surface area is 584 Å². The van der Waals surface area contributed by atoms with Crippen molar-refractivity contribution in [2.24, 2.45) is 5.73 Å². The molecule has 0 rings (SSSR count). The Morgan fingerprint density at radius 1 is 0.316 bits per heavy atom. The second kappa shape index (κ2) is 78.1. The minimum Gasteiger partial charge on any atom is -0.462 e. The second-order valence-corrected chi connectivity index (χ2v) is 26.2. The van der Waals surface area contributed by atoms with E-state index in [2.05, 4.69) is 196 Å². The number of hydrogen-bond donors (Lipinski definition) is 2. The van der Waals surface area contributed by atoms with Crippen LogP contribution in [0, 0.1) is 0 Å². The first kappa shape index (κ1) is 90.1. The zero-order valence-corrected chi connectivity index (χ0v) is 61.5. The summed E-state index contributed by atoms with van der Waals surface area (Å²) >= 11 is 0. The average molecular weight is 1340 g/mol. The van der Waals surface area contributed by atoms with E-state index in [4.69, 9.17) is 24.3 Å². The number of esters is 2. The highest BCUT2D eigenvalue weighted by atomic mass is 31.2. The molecule has 0 saturated heterocycles. The van der Waals surface area contributed by atoms with E-state index in [9.17, 15) is 19.0 Å². The van der Waals surface area contributed by atoms with Crippen molar-refractivity contribution in [2.75, 3.05) is 26.4 Å². The summed E-state index contributed by atoms with van der Waals surface area (Å²) in [6.07, 6.45) is 117. The molecular weight excluding hydrogens is 1190 g/mol. The summed E-state index contributed by atoms with van der Waals surface area (Å²) in [7, 11) is -4.41. The highest BCUT2D eigenvalue weighted by Crippen LogP contribution is 2.43. The van der Waals surface area contributed by atoms with E-state index in [0.717, 1.165) is 135 Å². The van der Waals surface area contributed by atoms with Crippen molar-refractivity contribution in [3.05, 3.63) is 182 Å². The molecule has 0 spiro atoms. The second-order valence-electron chi connectivity index (χ2n) is 24.8. The Bertz CT molecular complexity index is 2220. The molecule has 0 aromatic rings. The van der Waals surface area contributed by atoms with Crippen molar-refractivity contribution in [1.29, 1.82) is 0 Å². The molecule has 0 fully saturated rings. The lowest BCUT2D eigenvalue weighted by molar-refractivity contribution is -0.161. The van der Waals surface area contributed by atoms with Gasteiger partial charge in [-0.1, -0.05) is 344 Å². The number of nitrogens with two attached hydrogens (primary N) is 1. The highest BCUT2D eigenvalue weighted by molar-refractivity contribution is 7.47. The zero-order chi connectivity index (χ0) is 68.6. The van der Waals surface area contributed by atoms with Crippen molar-refractivity contribution in [1.82, 2.24) is 0 Å². The van der Waals surface area contributed by atoms with Gasteiger partial charge in [-0.2, -0.15) is 0 Å². The summed E-state index contributed by atoms with van der Waals surface area (Å²) in [6.45, 7) is 3.52. The van der Waals surface area contributed by atoms with Crippen molar-refractivity contribution >= 4 is 19.8 Å². The van der Waals surface area contributed by atoms with Crippen molar-refractivity contribution < 1.29 is 37.6 Å². The van der Waals surface area contributed by atoms with E-state index in [0.29, 0.717) is 6.42 Å². The molecule has 10 heteroatoms. The van der Waals surface area contributed by atoms with Crippen LogP contribution < -0.4 is 5.73 Å². The van der Waals surface area contributed by atoms with Crippen LogP contribution in [0.3, 0.4) is 0 Å². The molecule has 3 N–H and O–H groups in total. The number of carbonyl (C=O) groups excluding carboxylic acids is 2. The fraction of sp³-hybridized carbons (Fsp3) is 0.624. The fourth-order valence-corrected chi connectivity index (χ4v) is 11.0. The Morgan fingerprint density at radius 3 is 0.811 bits per heavy atom. The zero-order valence-electron chi connectivity index (χ0n) is 60.6. The Hall–Kier alpha value is -4.89. The number of allylic oxidation sites excluding steroid dienone is 30. The molecule has 0 aromatic carbocycles. The molecule has 0 aliphatic rings. The fourth-order valence-electron chi connectivity index (χ4n) is 10.2. The summed E-state index contributed by atoms with van der Waals surface area (Å²) in [5.74, 6) is -0.831. The van der Waals surface area contributed by atoms with Gasteiger partial charge in [-0.3, -0.25) is 18.6 Å². The van der Waals surface area contributed by atoms with Crippen LogP contribution in [0.25, 0.3) is 0 Å². The molecule has 2 atom stereocenters. The van der Waals surface area contributed by atoms with Crippen LogP contribution in [0.4, 0.5) is 0 Å². The van der Waals surface area contributed by atoms with Crippen LogP contribution >= 0.6 is 7.82 Å². The van der Waals surface area contributed by atoms with Gasteiger partial charge < -0.3 is 20.1 Å². The summed E-state index contributed by atoms with van der Waals surface area (Å²) < 4.78 is 33.2. The smallest absolute Gasteiger partial charge is 0.462 e. The van der Waals surface area contributed by atoms with Gasteiger partial charge in [0.05, 0.1) is 13.2 Å². The van der Waals surface area contributed by atoms with Gasteiger partial charge >= 0.3 is 19.8 Å². The minimum absolute atomic E-state index is 0.0464. The maximum Gasteiger partial charge on any atom is 0.472 e. The Morgan fingerprint density at radius 2 is 0.547 bits per heavy atom. The topological polar surface area (TPSA) is 134 Å². The van der Waals surface area contributed by atoms with Crippen LogP contribution in [-0.2, 0) is 32.7 Å². The van der Waals surface area contributed by atoms with Gasteiger partial charge in [-0.25, -0.2) is 4.57 Å². The first-order valence-corrected chi connectivity index (χ1v) is 39.8. The molecule has 2 unspecified atom stereocenters. The summed E-state index contributed by atoms with van der Waals surface area (Å²) in [5, 5.41) is 0. The number of carbonyl (C=O) groups is 2. The molecule has 0 aliphatic carbocycles. The molecule has 0 aliphatic heterocycles. The van der Waals surface area contributed by atoms with E-state index in [-0.39, 0.29) is 38.6 Å². The first-order valence-electron chi connectivity index (χ1n) is 38.3. The Kier molecular flexibility index (Phi) is 74.1. The quantitative estimate of drug-likeness (QED) is 0.0264. The minimum atomic E-state index is -4.41. The largest absolute Gasteiger partial charge is 0.472 e. The van der Waals surface area contributed by atoms with Gasteiger partial charge in [-0.05, 0) is 135 Å². The number of unbranched alkanes of at least 4 members (excludes halogenated alkanes) is 27. The van der Waals surface area contributed by atoms with Crippen LogP contribution in [0.5, 0.6) is 0 Å². The average Bonchev–Trinajstić information content (AvgIpc) is 3.16. The molecule has 0 bridgehead atoms. The lowest BCUT2D eigenvalue weighted by Gasteiger charge is -2.19. The lowest BCUT2D eigenvalue weighted by atomic mass is 10.0. The SMILES string of the molecule is CC/C=C\C/C=C\C/C=C\C/C=C\C/C=C\C/C=C\C/C=C\C/C=C\CCCCCCCCCCCCCCCCC(=O)OC(COC(=O)CCCCCCCCCCCCCCC/C=C\C/C=C\C/C=C\C/C=C\C/C=C\C/C=C\C/C=C\CC)COP(=O)(O)OCCN. The molecule has 0 heterocycles. The molecule has 0 saturated carbocycles. The molecule has 538 valence electrons. The van der Waals surface area contributed by atoms with Gasteiger partial charge in [0.25, 0.3) is 0 Å². The van der Waals surface area contributed by atoms with E-state index >= 15 is 0 Å². The normalized spacial score (nSPS) is 13.9.